The largest absolute Gasteiger partial charge is 0.346 e. The first-order chi connectivity index (χ1) is 9.70. The van der Waals surface area contributed by atoms with Gasteiger partial charge in [0, 0.05) is 30.3 Å². The molecule has 5 nitrogen and oxygen atoms in total. The second-order valence-electron chi connectivity index (χ2n) is 5.93. The zero-order valence-electron chi connectivity index (χ0n) is 11.5. The van der Waals surface area contributed by atoms with Crippen LogP contribution in [0.25, 0.3) is 5.52 Å². The summed E-state index contributed by atoms with van der Waals surface area (Å²) in [4.78, 5) is 19.0. The van der Waals surface area contributed by atoms with Crippen molar-refractivity contribution in [2.24, 2.45) is 5.92 Å². The molecular weight excluding hydrogens is 252 g/mol. The molecule has 0 aromatic carbocycles. The normalized spacial score (nSPS) is 28.1. The van der Waals surface area contributed by atoms with Crippen molar-refractivity contribution in [1.29, 1.82) is 0 Å². The van der Waals surface area contributed by atoms with Gasteiger partial charge in [-0.05, 0) is 44.0 Å². The van der Waals surface area contributed by atoms with Gasteiger partial charge in [0.1, 0.15) is 12.0 Å². The summed E-state index contributed by atoms with van der Waals surface area (Å²) in [5, 5.41) is 3.15. The number of amides is 1. The van der Waals surface area contributed by atoms with Gasteiger partial charge in [-0.1, -0.05) is 0 Å². The van der Waals surface area contributed by atoms with E-state index in [1.165, 1.54) is 13.0 Å². The van der Waals surface area contributed by atoms with Crippen molar-refractivity contribution in [2.75, 3.05) is 19.6 Å². The number of piperidine rings is 1. The third-order valence-corrected chi connectivity index (χ3v) is 4.63. The van der Waals surface area contributed by atoms with Gasteiger partial charge in [-0.15, -0.1) is 0 Å². The van der Waals surface area contributed by atoms with E-state index in [0.717, 1.165) is 24.3 Å². The Morgan fingerprint density at radius 2 is 2.30 bits per heavy atom. The highest BCUT2D eigenvalue weighted by molar-refractivity contribution is 5.93. The van der Waals surface area contributed by atoms with Crippen LogP contribution in [0, 0.1) is 12.8 Å². The van der Waals surface area contributed by atoms with Gasteiger partial charge in [0.15, 0.2) is 0 Å². The van der Waals surface area contributed by atoms with Gasteiger partial charge in [-0.2, -0.15) is 0 Å². The standard InChI is InChI=1S/C15H18N4O/c1-10-2-3-12-6-13(16-9-19(10)12)15(20)17-14-8-18-5-4-11(14)7-18/h2-3,6,9,11,14H,4-5,7-8H2,1H3,(H,17,20)/t11-,14?/m0/s1. The van der Waals surface area contributed by atoms with Gasteiger partial charge in [0.05, 0.1) is 0 Å². The molecule has 2 saturated heterocycles. The van der Waals surface area contributed by atoms with Crippen molar-refractivity contribution >= 4 is 11.4 Å². The quantitative estimate of drug-likeness (QED) is 0.888. The third-order valence-electron chi connectivity index (χ3n) is 4.63. The second kappa shape index (κ2) is 4.31. The van der Waals surface area contributed by atoms with Crippen LogP contribution in [-0.2, 0) is 0 Å². The van der Waals surface area contributed by atoms with Gasteiger partial charge >= 0.3 is 0 Å². The lowest BCUT2D eigenvalue weighted by Crippen LogP contribution is -2.43. The highest BCUT2D eigenvalue weighted by Crippen LogP contribution is 2.27. The van der Waals surface area contributed by atoms with Crippen molar-refractivity contribution in [3.8, 4) is 0 Å². The monoisotopic (exact) mass is 270 g/mol. The summed E-state index contributed by atoms with van der Waals surface area (Å²) < 4.78 is 1.99. The van der Waals surface area contributed by atoms with E-state index in [0.29, 0.717) is 17.7 Å². The zero-order chi connectivity index (χ0) is 13.7. The Bertz CT molecular complexity index is 678. The molecular formula is C15H18N4O. The number of rotatable bonds is 2. The van der Waals surface area contributed by atoms with Gasteiger partial charge in [0.25, 0.3) is 5.91 Å². The number of carbonyl (C=O) groups is 1. The SMILES string of the molecule is Cc1ccc2cc(C(=O)NC3CN4CC[C@H]3C4)ncn12. The van der Waals surface area contributed by atoms with Gasteiger partial charge in [-0.25, -0.2) is 4.98 Å². The van der Waals surface area contributed by atoms with Crippen LogP contribution in [0.2, 0.25) is 0 Å². The Hall–Kier alpha value is -1.88. The maximum absolute atomic E-state index is 12.3. The van der Waals surface area contributed by atoms with Gasteiger partial charge in [-0.3, -0.25) is 4.79 Å². The average molecular weight is 270 g/mol. The van der Waals surface area contributed by atoms with Crippen LogP contribution < -0.4 is 5.32 Å². The lowest BCUT2D eigenvalue weighted by molar-refractivity contribution is 0.0919. The topological polar surface area (TPSA) is 49.6 Å². The highest BCUT2D eigenvalue weighted by Gasteiger charge is 2.38. The number of fused-ring (bicyclic) bond motifs is 3. The Kier molecular flexibility index (Phi) is 2.57. The van der Waals surface area contributed by atoms with E-state index in [9.17, 15) is 4.79 Å². The lowest BCUT2D eigenvalue weighted by Gasteiger charge is -2.22. The van der Waals surface area contributed by atoms with Crippen LogP contribution in [0.4, 0.5) is 0 Å². The molecule has 0 aliphatic carbocycles. The first-order valence-electron chi connectivity index (χ1n) is 7.17. The molecule has 0 spiro atoms. The fourth-order valence-electron chi connectivity index (χ4n) is 3.46. The molecule has 4 rings (SSSR count). The number of aromatic nitrogens is 2. The van der Waals surface area contributed by atoms with Crippen LogP contribution >= 0.6 is 0 Å². The Morgan fingerprint density at radius 1 is 1.40 bits per heavy atom. The highest BCUT2D eigenvalue weighted by atomic mass is 16.2. The number of carbonyl (C=O) groups excluding carboxylic acids is 1. The smallest absolute Gasteiger partial charge is 0.270 e. The first kappa shape index (κ1) is 11.9. The maximum atomic E-state index is 12.3. The van der Waals surface area contributed by atoms with Crippen LogP contribution in [0.3, 0.4) is 0 Å². The molecule has 2 aliphatic rings. The minimum atomic E-state index is -0.0508. The van der Waals surface area contributed by atoms with E-state index < -0.39 is 0 Å². The summed E-state index contributed by atoms with van der Waals surface area (Å²) in [5.74, 6) is 0.573. The number of nitrogens with zero attached hydrogens (tertiary/aromatic N) is 3. The predicted molar refractivity (Wildman–Crippen MR) is 75.7 cm³/mol. The summed E-state index contributed by atoms with van der Waals surface area (Å²) >= 11 is 0. The first-order valence-corrected chi connectivity index (χ1v) is 7.17. The third kappa shape index (κ3) is 1.81. The molecule has 1 N–H and O–H groups in total. The molecule has 2 aromatic rings. The van der Waals surface area contributed by atoms with E-state index in [-0.39, 0.29) is 5.91 Å². The molecule has 1 amide bonds. The fraction of sp³-hybridized carbons (Fsp3) is 0.467. The van der Waals surface area contributed by atoms with E-state index in [1.54, 1.807) is 6.33 Å². The van der Waals surface area contributed by atoms with Crippen molar-refractivity contribution in [2.45, 2.75) is 19.4 Å². The molecule has 2 fully saturated rings. The van der Waals surface area contributed by atoms with E-state index in [2.05, 4.69) is 15.2 Å². The summed E-state index contributed by atoms with van der Waals surface area (Å²) in [6.45, 7) is 5.33. The van der Waals surface area contributed by atoms with Crippen molar-refractivity contribution < 1.29 is 4.79 Å². The molecule has 0 saturated carbocycles. The lowest BCUT2D eigenvalue weighted by atomic mass is 10.00. The Morgan fingerprint density at radius 3 is 3.05 bits per heavy atom. The summed E-state index contributed by atoms with van der Waals surface area (Å²) in [7, 11) is 0. The average Bonchev–Trinajstić information content (AvgIpc) is 3.14. The Balaban J connectivity index is 1.54. The van der Waals surface area contributed by atoms with E-state index >= 15 is 0 Å². The minimum absolute atomic E-state index is 0.0508. The number of hydrogen-bond acceptors (Lipinski definition) is 3. The zero-order valence-corrected chi connectivity index (χ0v) is 11.5. The molecule has 2 aromatic heterocycles. The van der Waals surface area contributed by atoms with Gasteiger partial charge in [0.2, 0.25) is 0 Å². The van der Waals surface area contributed by atoms with E-state index in [1.807, 2.05) is 29.5 Å². The fourth-order valence-corrected chi connectivity index (χ4v) is 3.46. The molecule has 5 heteroatoms. The molecule has 3 atom stereocenters. The summed E-state index contributed by atoms with van der Waals surface area (Å²) in [6, 6.07) is 6.19. The number of aryl methyl sites for hydroxylation is 1. The maximum Gasteiger partial charge on any atom is 0.270 e. The molecule has 2 unspecified atom stereocenters. The summed E-state index contributed by atoms with van der Waals surface area (Å²) in [6.07, 6.45) is 2.93. The number of hydrogen-bond donors (Lipinski definition) is 1. The van der Waals surface area contributed by atoms with Crippen molar-refractivity contribution in [3.05, 3.63) is 35.9 Å². The minimum Gasteiger partial charge on any atom is -0.346 e. The van der Waals surface area contributed by atoms with Crippen LogP contribution in [-0.4, -0.2) is 45.9 Å². The van der Waals surface area contributed by atoms with Gasteiger partial charge < -0.3 is 14.6 Å². The van der Waals surface area contributed by atoms with Crippen LogP contribution in [0.15, 0.2) is 24.5 Å². The molecule has 20 heavy (non-hydrogen) atoms. The van der Waals surface area contributed by atoms with Crippen molar-refractivity contribution in [3.63, 3.8) is 0 Å². The van der Waals surface area contributed by atoms with Crippen LogP contribution in [0.5, 0.6) is 0 Å². The molecule has 0 radical (unpaired) electrons. The van der Waals surface area contributed by atoms with Crippen LogP contribution in [0.1, 0.15) is 22.6 Å². The van der Waals surface area contributed by atoms with Crippen molar-refractivity contribution in [1.82, 2.24) is 19.6 Å². The molecule has 4 heterocycles. The summed E-state index contributed by atoms with van der Waals surface area (Å²) in [5.41, 5.74) is 2.65. The number of nitrogens with one attached hydrogen (secondary N) is 1. The Labute approximate surface area is 117 Å². The molecule has 104 valence electrons. The second-order valence-corrected chi connectivity index (χ2v) is 5.93. The predicted octanol–water partition coefficient (Wildman–Crippen LogP) is 1.08. The molecule has 2 aliphatic heterocycles. The van der Waals surface area contributed by atoms with E-state index in [4.69, 9.17) is 0 Å². The molecule has 2 bridgehead atoms.